The number of benzene rings is 1. The molecule has 0 aliphatic carbocycles. The smallest absolute Gasteiger partial charge is 0.322 e. The van der Waals surface area contributed by atoms with Gasteiger partial charge in [-0.25, -0.2) is 4.79 Å². The highest BCUT2D eigenvalue weighted by Gasteiger charge is 2.41. The van der Waals surface area contributed by atoms with Crippen molar-refractivity contribution in [3.05, 3.63) is 30.3 Å². The Balaban J connectivity index is 1.68. The lowest BCUT2D eigenvalue weighted by Crippen LogP contribution is -2.59. The molecule has 0 unspecified atom stereocenters. The van der Waals surface area contributed by atoms with Gasteiger partial charge in [0.25, 0.3) is 0 Å². The molecule has 1 aromatic carbocycles. The highest BCUT2D eigenvalue weighted by molar-refractivity contribution is 5.90. The van der Waals surface area contributed by atoms with Gasteiger partial charge >= 0.3 is 6.03 Å². The average Bonchev–Trinajstić information content (AvgIpc) is 2.46. The molecule has 2 aliphatic rings. The fourth-order valence-electron chi connectivity index (χ4n) is 3.83. The molecule has 3 amide bonds. The van der Waals surface area contributed by atoms with Crippen LogP contribution in [-0.4, -0.2) is 35.0 Å². The van der Waals surface area contributed by atoms with E-state index >= 15 is 0 Å². The number of hydrogen-bond donors (Lipinski definition) is 2. The van der Waals surface area contributed by atoms with Gasteiger partial charge in [-0.3, -0.25) is 4.79 Å². The van der Waals surface area contributed by atoms with Crippen molar-refractivity contribution in [1.82, 2.24) is 10.2 Å². The Kier molecular flexibility index (Phi) is 4.32. The summed E-state index contributed by atoms with van der Waals surface area (Å²) < 4.78 is 0. The van der Waals surface area contributed by atoms with Crippen LogP contribution in [0.3, 0.4) is 0 Å². The van der Waals surface area contributed by atoms with E-state index in [0.717, 1.165) is 37.8 Å². The van der Waals surface area contributed by atoms with Gasteiger partial charge in [0.2, 0.25) is 5.91 Å². The van der Waals surface area contributed by atoms with E-state index in [0.29, 0.717) is 0 Å². The predicted octanol–water partition coefficient (Wildman–Crippen LogP) is 2.74. The summed E-state index contributed by atoms with van der Waals surface area (Å²) in [5, 5.41) is 6.02. The van der Waals surface area contributed by atoms with Crippen molar-refractivity contribution in [2.45, 2.75) is 57.2 Å². The minimum atomic E-state index is -0.0119. The maximum atomic E-state index is 12.6. The van der Waals surface area contributed by atoms with Crippen molar-refractivity contribution in [1.29, 1.82) is 0 Å². The third-order valence-electron chi connectivity index (χ3n) is 4.64. The number of amides is 3. The second kappa shape index (κ2) is 6.38. The van der Waals surface area contributed by atoms with E-state index in [1.54, 1.807) is 6.92 Å². The summed E-state index contributed by atoms with van der Waals surface area (Å²) in [6, 6.07) is 10.2. The normalized spacial score (nSPS) is 27.1. The Labute approximate surface area is 131 Å². The first kappa shape index (κ1) is 14.9. The fraction of sp³-hybridized carbons (Fsp3) is 0.529. The first-order valence-electron chi connectivity index (χ1n) is 8.05. The molecule has 5 heteroatoms. The zero-order valence-electron chi connectivity index (χ0n) is 12.9. The molecule has 2 N–H and O–H groups in total. The standard InChI is InChI=1S/C17H23N3O2/c1-12(21)18-14-10-15-8-5-9-16(11-14)20(15)17(22)19-13-6-3-2-4-7-13/h2-4,6-7,14-16H,5,8-11H2,1H3,(H,18,21)(H,19,22)/t15-,16-/m0/s1. The molecular weight excluding hydrogens is 278 g/mol. The number of fused-ring (bicyclic) bond motifs is 2. The molecule has 2 bridgehead atoms. The zero-order valence-corrected chi connectivity index (χ0v) is 12.9. The lowest BCUT2D eigenvalue weighted by atomic mass is 9.82. The first-order valence-corrected chi connectivity index (χ1v) is 8.05. The van der Waals surface area contributed by atoms with E-state index in [9.17, 15) is 9.59 Å². The summed E-state index contributed by atoms with van der Waals surface area (Å²) in [5.74, 6) is 0.0188. The topological polar surface area (TPSA) is 61.4 Å². The van der Waals surface area contributed by atoms with E-state index in [4.69, 9.17) is 0 Å². The third kappa shape index (κ3) is 3.24. The summed E-state index contributed by atoms with van der Waals surface area (Å²) in [6.45, 7) is 1.56. The Morgan fingerprint density at radius 3 is 2.32 bits per heavy atom. The zero-order chi connectivity index (χ0) is 15.5. The number of nitrogens with zero attached hydrogens (tertiary/aromatic N) is 1. The van der Waals surface area contributed by atoms with E-state index < -0.39 is 0 Å². The number of piperidine rings is 2. The first-order chi connectivity index (χ1) is 10.6. The van der Waals surface area contributed by atoms with Crippen molar-refractivity contribution >= 4 is 17.6 Å². The van der Waals surface area contributed by atoms with E-state index in [1.165, 1.54) is 0 Å². The molecular formula is C17H23N3O2. The van der Waals surface area contributed by atoms with Crippen LogP contribution in [0.15, 0.2) is 30.3 Å². The SMILES string of the molecule is CC(=O)NC1C[C@@H]2CCC[C@@H](C1)N2C(=O)Nc1ccccc1. The molecule has 2 saturated heterocycles. The number of anilines is 1. The van der Waals surface area contributed by atoms with Gasteiger partial charge in [-0.1, -0.05) is 18.2 Å². The largest absolute Gasteiger partial charge is 0.353 e. The summed E-state index contributed by atoms with van der Waals surface area (Å²) >= 11 is 0. The van der Waals surface area contributed by atoms with Gasteiger partial charge in [-0.05, 0) is 44.2 Å². The molecule has 118 valence electrons. The highest BCUT2D eigenvalue weighted by Crippen LogP contribution is 2.34. The predicted molar refractivity (Wildman–Crippen MR) is 85.6 cm³/mol. The van der Waals surface area contributed by atoms with Gasteiger partial charge < -0.3 is 15.5 Å². The Bertz CT molecular complexity index is 532. The number of urea groups is 1. The highest BCUT2D eigenvalue weighted by atomic mass is 16.2. The van der Waals surface area contributed by atoms with Crippen LogP contribution in [0.5, 0.6) is 0 Å². The van der Waals surface area contributed by atoms with E-state index in [2.05, 4.69) is 10.6 Å². The molecule has 3 rings (SSSR count). The van der Waals surface area contributed by atoms with Crippen LogP contribution in [0.1, 0.15) is 39.0 Å². The number of nitrogens with one attached hydrogen (secondary N) is 2. The molecule has 5 nitrogen and oxygen atoms in total. The number of para-hydroxylation sites is 1. The van der Waals surface area contributed by atoms with Crippen LogP contribution in [0.25, 0.3) is 0 Å². The quantitative estimate of drug-likeness (QED) is 0.882. The average molecular weight is 301 g/mol. The minimum absolute atomic E-state index is 0.0119. The lowest BCUT2D eigenvalue weighted by Gasteiger charge is -2.48. The van der Waals surface area contributed by atoms with Crippen molar-refractivity contribution in [3.8, 4) is 0 Å². The lowest BCUT2D eigenvalue weighted by molar-refractivity contribution is -0.120. The van der Waals surface area contributed by atoms with Gasteiger partial charge in [0, 0.05) is 30.7 Å². The van der Waals surface area contributed by atoms with Crippen LogP contribution in [-0.2, 0) is 4.79 Å². The number of carbonyl (C=O) groups is 2. The molecule has 1 aromatic rings. The van der Waals surface area contributed by atoms with Gasteiger partial charge in [-0.15, -0.1) is 0 Å². The molecule has 0 aromatic heterocycles. The van der Waals surface area contributed by atoms with Crippen LogP contribution in [0, 0.1) is 0 Å². The van der Waals surface area contributed by atoms with Crippen LogP contribution in [0.4, 0.5) is 10.5 Å². The summed E-state index contributed by atoms with van der Waals surface area (Å²) in [4.78, 5) is 25.9. The molecule has 2 heterocycles. The van der Waals surface area contributed by atoms with Crippen molar-refractivity contribution in [2.24, 2.45) is 0 Å². The van der Waals surface area contributed by atoms with Crippen LogP contribution < -0.4 is 10.6 Å². The third-order valence-corrected chi connectivity index (χ3v) is 4.64. The molecule has 2 aliphatic heterocycles. The van der Waals surface area contributed by atoms with Gasteiger partial charge in [0.1, 0.15) is 0 Å². The van der Waals surface area contributed by atoms with Crippen molar-refractivity contribution < 1.29 is 9.59 Å². The Hall–Kier alpha value is -2.04. The summed E-state index contributed by atoms with van der Waals surface area (Å²) in [7, 11) is 0. The molecule has 0 saturated carbocycles. The van der Waals surface area contributed by atoms with Gasteiger partial charge in [-0.2, -0.15) is 0 Å². The summed E-state index contributed by atoms with van der Waals surface area (Å²) in [5.41, 5.74) is 0.828. The van der Waals surface area contributed by atoms with Crippen LogP contribution in [0.2, 0.25) is 0 Å². The minimum Gasteiger partial charge on any atom is -0.353 e. The van der Waals surface area contributed by atoms with E-state index in [-0.39, 0.29) is 30.1 Å². The second-order valence-corrected chi connectivity index (χ2v) is 6.31. The molecule has 2 fully saturated rings. The molecule has 0 spiro atoms. The summed E-state index contributed by atoms with van der Waals surface area (Å²) in [6.07, 6.45) is 4.93. The number of rotatable bonds is 2. The van der Waals surface area contributed by atoms with Gasteiger partial charge in [0.15, 0.2) is 0 Å². The number of hydrogen-bond acceptors (Lipinski definition) is 2. The van der Waals surface area contributed by atoms with Crippen molar-refractivity contribution in [3.63, 3.8) is 0 Å². The molecule has 2 atom stereocenters. The van der Waals surface area contributed by atoms with Gasteiger partial charge in [0.05, 0.1) is 0 Å². The second-order valence-electron chi connectivity index (χ2n) is 6.31. The maximum Gasteiger partial charge on any atom is 0.322 e. The number of carbonyl (C=O) groups excluding carboxylic acids is 2. The maximum absolute atomic E-state index is 12.6. The fourth-order valence-corrected chi connectivity index (χ4v) is 3.83. The molecule has 0 radical (unpaired) electrons. The van der Waals surface area contributed by atoms with Crippen LogP contribution >= 0.6 is 0 Å². The Morgan fingerprint density at radius 1 is 1.09 bits per heavy atom. The van der Waals surface area contributed by atoms with E-state index in [1.807, 2.05) is 35.2 Å². The monoisotopic (exact) mass is 301 g/mol. The Morgan fingerprint density at radius 2 is 1.73 bits per heavy atom. The van der Waals surface area contributed by atoms with Crippen molar-refractivity contribution in [2.75, 3.05) is 5.32 Å². The molecule has 22 heavy (non-hydrogen) atoms.